The van der Waals surface area contributed by atoms with Gasteiger partial charge in [0.05, 0.1) is 0 Å². The molecule has 16 heavy (non-hydrogen) atoms. The van der Waals surface area contributed by atoms with Crippen LogP contribution in [0, 0.1) is 5.41 Å². The highest BCUT2D eigenvalue weighted by molar-refractivity contribution is 4.90. The predicted molar refractivity (Wildman–Crippen MR) is 66.3 cm³/mol. The van der Waals surface area contributed by atoms with Gasteiger partial charge in [-0.25, -0.2) is 4.98 Å². The first-order chi connectivity index (χ1) is 7.59. The fourth-order valence-electron chi connectivity index (χ4n) is 1.81. The molecule has 0 atom stereocenters. The van der Waals surface area contributed by atoms with Gasteiger partial charge in [-0.2, -0.15) is 5.10 Å². The van der Waals surface area contributed by atoms with E-state index in [1.165, 1.54) is 0 Å². The van der Waals surface area contributed by atoms with E-state index >= 15 is 0 Å². The van der Waals surface area contributed by atoms with Crippen LogP contribution >= 0.6 is 0 Å². The minimum Gasteiger partial charge on any atom is -0.317 e. The molecule has 0 amide bonds. The molecule has 0 fully saturated rings. The van der Waals surface area contributed by atoms with Gasteiger partial charge < -0.3 is 5.32 Å². The van der Waals surface area contributed by atoms with Crippen LogP contribution in [0.3, 0.4) is 0 Å². The van der Waals surface area contributed by atoms with Gasteiger partial charge in [-0.05, 0) is 31.8 Å². The molecule has 0 radical (unpaired) electrons. The molecule has 0 aliphatic rings. The number of rotatable bonds is 7. The Morgan fingerprint density at radius 3 is 2.75 bits per heavy atom. The van der Waals surface area contributed by atoms with Crippen molar-refractivity contribution in [3.05, 3.63) is 12.2 Å². The average molecular weight is 224 g/mol. The summed E-state index contributed by atoms with van der Waals surface area (Å²) in [6.45, 7) is 11.8. The monoisotopic (exact) mass is 224 g/mol. The number of aryl methyl sites for hydroxylation is 1. The average Bonchev–Trinajstić information content (AvgIpc) is 2.64. The zero-order chi connectivity index (χ0) is 12.0. The Balaban J connectivity index is 2.51. The lowest BCUT2D eigenvalue weighted by molar-refractivity contribution is 0.313. The minimum absolute atomic E-state index is 0.280. The van der Waals surface area contributed by atoms with Crippen molar-refractivity contribution in [2.75, 3.05) is 13.1 Å². The molecule has 1 rings (SSSR count). The smallest absolute Gasteiger partial charge is 0.138 e. The number of nitrogens with zero attached hydrogens (tertiary/aromatic N) is 3. The quantitative estimate of drug-likeness (QED) is 0.719. The molecule has 0 aliphatic heterocycles. The van der Waals surface area contributed by atoms with Gasteiger partial charge in [0.15, 0.2) is 0 Å². The Morgan fingerprint density at radius 1 is 1.38 bits per heavy atom. The lowest BCUT2D eigenvalue weighted by Crippen LogP contribution is -2.25. The molecule has 0 saturated heterocycles. The molecule has 0 saturated carbocycles. The van der Waals surface area contributed by atoms with Crippen molar-refractivity contribution < 1.29 is 0 Å². The first kappa shape index (κ1) is 13.2. The van der Waals surface area contributed by atoms with Gasteiger partial charge in [-0.1, -0.05) is 20.8 Å². The Bertz CT molecular complexity index is 304. The maximum atomic E-state index is 4.33. The third-order valence-electron chi connectivity index (χ3n) is 2.86. The third-order valence-corrected chi connectivity index (χ3v) is 2.86. The molecular formula is C12H24N4. The maximum absolute atomic E-state index is 4.33. The Hall–Kier alpha value is -0.900. The van der Waals surface area contributed by atoms with Crippen LogP contribution in [-0.4, -0.2) is 27.9 Å². The van der Waals surface area contributed by atoms with E-state index in [4.69, 9.17) is 0 Å². The first-order valence-corrected chi connectivity index (χ1v) is 6.16. The van der Waals surface area contributed by atoms with Crippen LogP contribution in [0.4, 0.5) is 0 Å². The summed E-state index contributed by atoms with van der Waals surface area (Å²) in [4.78, 5) is 4.33. The van der Waals surface area contributed by atoms with Gasteiger partial charge in [-0.15, -0.1) is 0 Å². The lowest BCUT2D eigenvalue weighted by atomic mass is 9.85. The summed E-state index contributed by atoms with van der Waals surface area (Å²) in [6.07, 6.45) is 3.81. The molecule has 1 heterocycles. The van der Waals surface area contributed by atoms with Crippen molar-refractivity contribution in [3.63, 3.8) is 0 Å². The summed E-state index contributed by atoms with van der Waals surface area (Å²) in [5, 5.41) is 7.57. The highest BCUT2D eigenvalue weighted by atomic mass is 15.3. The SMILES string of the molecule is CCNCCC(C)(C)Cc1ncnn1CC. The third kappa shape index (κ3) is 3.93. The fourth-order valence-corrected chi connectivity index (χ4v) is 1.81. The molecule has 0 aromatic carbocycles. The summed E-state index contributed by atoms with van der Waals surface area (Å²) < 4.78 is 1.98. The largest absolute Gasteiger partial charge is 0.317 e. The summed E-state index contributed by atoms with van der Waals surface area (Å²) in [5.41, 5.74) is 0.280. The zero-order valence-corrected chi connectivity index (χ0v) is 11.0. The molecule has 4 nitrogen and oxygen atoms in total. The molecular weight excluding hydrogens is 200 g/mol. The van der Waals surface area contributed by atoms with Gasteiger partial charge in [0.1, 0.15) is 12.2 Å². The second-order valence-corrected chi connectivity index (χ2v) is 4.94. The van der Waals surface area contributed by atoms with Crippen molar-refractivity contribution in [2.24, 2.45) is 5.41 Å². The van der Waals surface area contributed by atoms with Crippen LogP contribution in [0.5, 0.6) is 0 Å². The molecule has 0 bridgehead atoms. The second kappa shape index (κ2) is 5.99. The first-order valence-electron chi connectivity index (χ1n) is 6.16. The number of hydrogen-bond donors (Lipinski definition) is 1. The van der Waals surface area contributed by atoms with E-state index < -0.39 is 0 Å². The molecule has 1 aromatic heterocycles. The van der Waals surface area contributed by atoms with Gasteiger partial charge in [0.2, 0.25) is 0 Å². The topological polar surface area (TPSA) is 42.7 Å². The molecule has 0 spiro atoms. The highest BCUT2D eigenvalue weighted by Gasteiger charge is 2.20. The van der Waals surface area contributed by atoms with Crippen molar-refractivity contribution in [2.45, 2.75) is 47.1 Å². The van der Waals surface area contributed by atoms with Crippen LogP contribution in [0.1, 0.15) is 39.9 Å². The van der Waals surface area contributed by atoms with Crippen molar-refractivity contribution in [1.82, 2.24) is 20.1 Å². The summed E-state index contributed by atoms with van der Waals surface area (Å²) >= 11 is 0. The Morgan fingerprint density at radius 2 is 2.12 bits per heavy atom. The fraction of sp³-hybridized carbons (Fsp3) is 0.833. The normalized spacial score (nSPS) is 12.0. The summed E-state index contributed by atoms with van der Waals surface area (Å²) in [7, 11) is 0. The van der Waals surface area contributed by atoms with E-state index in [-0.39, 0.29) is 5.41 Å². The molecule has 0 unspecified atom stereocenters. The minimum atomic E-state index is 0.280. The van der Waals surface area contributed by atoms with Crippen LogP contribution in [-0.2, 0) is 13.0 Å². The summed E-state index contributed by atoms with van der Waals surface area (Å²) in [5.74, 6) is 1.10. The number of hydrogen-bond acceptors (Lipinski definition) is 3. The van der Waals surface area contributed by atoms with Gasteiger partial charge in [0.25, 0.3) is 0 Å². The van der Waals surface area contributed by atoms with Crippen molar-refractivity contribution >= 4 is 0 Å². The molecule has 1 aromatic rings. The van der Waals surface area contributed by atoms with Crippen LogP contribution in [0.15, 0.2) is 6.33 Å². The predicted octanol–water partition coefficient (Wildman–Crippen LogP) is 1.87. The van der Waals surface area contributed by atoms with E-state index in [0.717, 1.165) is 38.3 Å². The Kier molecular flexibility index (Phi) is 4.93. The molecule has 0 aliphatic carbocycles. The summed E-state index contributed by atoms with van der Waals surface area (Å²) in [6, 6.07) is 0. The Labute approximate surface area is 98.5 Å². The number of aromatic nitrogens is 3. The van der Waals surface area contributed by atoms with Crippen LogP contribution in [0.2, 0.25) is 0 Å². The van der Waals surface area contributed by atoms with Gasteiger partial charge in [0, 0.05) is 13.0 Å². The molecule has 1 N–H and O–H groups in total. The van der Waals surface area contributed by atoms with E-state index in [0.29, 0.717) is 0 Å². The second-order valence-electron chi connectivity index (χ2n) is 4.94. The van der Waals surface area contributed by atoms with E-state index in [2.05, 4.69) is 43.1 Å². The van der Waals surface area contributed by atoms with Crippen molar-refractivity contribution in [1.29, 1.82) is 0 Å². The maximum Gasteiger partial charge on any atom is 0.138 e. The zero-order valence-electron chi connectivity index (χ0n) is 11.0. The van der Waals surface area contributed by atoms with Gasteiger partial charge >= 0.3 is 0 Å². The molecule has 92 valence electrons. The van der Waals surface area contributed by atoms with E-state index in [1.807, 2.05) is 4.68 Å². The standard InChI is InChI=1S/C12H24N4/c1-5-13-8-7-12(3,4)9-11-14-10-15-16(11)6-2/h10,13H,5-9H2,1-4H3. The van der Waals surface area contributed by atoms with E-state index in [1.54, 1.807) is 6.33 Å². The van der Waals surface area contributed by atoms with Crippen molar-refractivity contribution in [3.8, 4) is 0 Å². The lowest BCUT2D eigenvalue weighted by Gasteiger charge is -2.24. The van der Waals surface area contributed by atoms with Gasteiger partial charge in [-0.3, -0.25) is 4.68 Å². The van der Waals surface area contributed by atoms with E-state index in [9.17, 15) is 0 Å². The molecule has 4 heteroatoms. The highest BCUT2D eigenvalue weighted by Crippen LogP contribution is 2.24. The van der Waals surface area contributed by atoms with Crippen LogP contribution in [0.25, 0.3) is 0 Å². The number of nitrogens with one attached hydrogen (secondary N) is 1. The van der Waals surface area contributed by atoms with Crippen LogP contribution < -0.4 is 5.32 Å².